The number of hydrogen-bond acceptors (Lipinski definition) is 3. The lowest BCUT2D eigenvalue weighted by Gasteiger charge is -2.05. The van der Waals surface area contributed by atoms with E-state index in [1.54, 1.807) is 20.4 Å². The van der Waals surface area contributed by atoms with Crippen LogP contribution in [0.2, 0.25) is 5.15 Å². The summed E-state index contributed by atoms with van der Waals surface area (Å²) < 4.78 is 7.15. The Kier molecular flexibility index (Phi) is 4.23. The van der Waals surface area contributed by atoms with E-state index < -0.39 is 0 Å². The van der Waals surface area contributed by atoms with Crippen molar-refractivity contribution in [2.75, 3.05) is 20.8 Å². The van der Waals surface area contributed by atoms with Crippen molar-refractivity contribution in [2.45, 2.75) is 6.54 Å². The molecule has 0 amide bonds. The number of hydrogen-bond donors (Lipinski definition) is 1. The lowest BCUT2D eigenvalue weighted by molar-refractivity contribution is 0.188. The van der Waals surface area contributed by atoms with Crippen molar-refractivity contribution in [1.82, 2.24) is 9.99 Å². The highest BCUT2D eigenvalue weighted by Gasteiger charge is 2.13. The third-order valence-corrected chi connectivity index (χ3v) is 3.19. The van der Waals surface area contributed by atoms with Gasteiger partial charge in [0.1, 0.15) is 5.15 Å². The summed E-state index contributed by atoms with van der Waals surface area (Å²) in [5, 5.41) is 5.82. The summed E-state index contributed by atoms with van der Waals surface area (Å²) in [5.74, 6) is 0. The van der Waals surface area contributed by atoms with Gasteiger partial charge in [0, 0.05) is 37.2 Å². The molecule has 5 heteroatoms. The Hall–Kier alpha value is -1.52. The molecular weight excluding hydrogens is 250 g/mol. The molecule has 1 aromatic heterocycles. The second-order valence-corrected chi connectivity index (χ2v) is 4.21. The number of para-hydroxylation sites is 1. The quantitative estimate of drug-likeness (QED) is 0.666. The molecule has 4 nitrogen and oxygen atoms in total. The number of hydrazone groups is 1. The van der Waals surface area contributed by atoms with Crippen molar-refractivity contribution in [3.63, 3.8) is 0 Å². The van der Waals surface area contributed by atoms with Crippen LogP contribution in [0.1, 0.15) is 5.56 Å². The molecule has 0 atom stereocenters. The summed E-state index contributed by atoms with van der Waals surface area (Å²) in [6.45, 7) is 1.35. The molecule has 2 aromatic rings. The Morgan fingerprint density at radius 3 is 2.94 bits per heavy atom. The van der Waals surface area contributed by atoms with Gasteiger partial charge in [-0.2, -0.15) is 5.10 Å². The van der Waals surface area contributed by atoms with E-state index >= 15 is 0 Å². The lowest BCUT2D eigenvalue weighted by Crippen LogP contribution is -2.04. The van der Waals surface area contributed by atoms with E-state index in [1.165, 1.54) is 0 Å². The maximum Gasteiger partial charge on any atom is 0.119 e. The van der Waals surface area contributed by atoms with Crippen molar-refractivity contribution in [3.05, 3.63) is 35.0 Å². The number of methoxy groups -OCH3 is 1. The monoisotopic (exact) mass is 265 g/mol. The second kappa shape index (κ2) is 5.89. The molecule has 2 rings (SSSR count). The Morgan fingerprint density at radius 1 is 1.44 bits per heavy atom. The van der Waals surface area contributed by atoms with Gasteiger partial charge in [0.25, 0.3) is 0 Å². The number of benzene rings is 1. The van der Waals surface area contributed by atoms with Crippen molar-refractivity contribution in [2.24, 2.45) is 5.10 Å². The molecule has 0 unspecified atom stereocenters. The summed E-state index contributed by atoms with van der Waals surface area (Å²) in [6.07, 6.45) is 1.74. The molecule has 0 bridgehead atoms. The highest BCUT2D eigenvalue weighted by Crippen LogP contribution is 2.28. The van der Waals surface area contributed by atoms with Crippen molar-refractivity contribution >= 4 is 28.7 Å². The number of halogens is 1. The van der Waals surface area contributed by atoms with E-state index in [0.717, 1.165) is 23.0 Å². The maximum absolute atomic E-state index is 6.41. The van der Waals surface area contributed by atoms with Crippen LogP contribution in [0.25, 0.3) is 10.9 Å². The summed E-state index contributed by atoms with van der Waals surface area (Å²) >= 11 is 6.41. The molecule has 0 radical (unpaired) electrons. The minimum absolute atomic E-state index is 0.626. The third kappa shape index (κ3) is 2.35. The number of ether oxygens (including phenoxy) is 1. The van der Waals surface area contributed by atoms with Crippen LogP contribution in [0.15, 0.2) is 29.4 Å². The van der Waals surface area contributed by atoms with Gasteiger partial charge in [-0.1, -0.05) is 29.8 Å². The van der Waals surface area contributed by atoms with Gasteiger partial charge in [-0.15, -0.1) is 0 Å². The number of rotatable bonds is 5. The van der Waals surface area contributed by atoms with Crippen molar-refractivity contribution in [3.8, 4) is 0 Å². The van der Waals surface area contributed by atoms with E-state index in [2.05, 4.69) is 10.5 Å². The highest BCUT2D eigenvalue weighted by atomic mass is 35.5. The SMILES string of the molecule is CN/N=C/c1c(Cl)n(CCOC)c2ccccc12. The Morgan fingerprint density at radius 2 is 2.22 bits per heavy atom. The Balaban J connectivity index is 2.56. The first-order chi connectivity index (χ1) is 8.79. The van der Waals surface area contributed by atoms with Crippen molar-refractivity contribution < 1.29 is 4.74 Å². The average Bonchev–Trinajstić information content (AvgIpc) is 2.66. The fourth-order valence-corrected chi connectivity index (χ4v) is 2.28. The van der Waals surface area contributed by atoms with Crippen LogP contribution in [0.5, 0.6) is 0 Å². The van der Waals surface area contributed by atoms with Crippen LogP contribution in [-0.2, 0) is 11.3 Å². The zero-order chi connectivity index (χ0) is 13.0. The standard InChI is InChI=1S/C13H16ClN3O/c1-15-16-9-11-10-5-3-4-6-12(10)17(13(11)14)7-8-18-2/h3-6,9,15H,7-8H2,1-2H3/b16-9+. The first-order valence-corrected chi connectivity index (χ1v) is 6.13. The minimum atomic E-state index is 0.626. The molecular formula is C13H16ClN3O. The maximum atomic E-state index is 6.41. The van der Waals surface area contributed by atoms with Crippen LogP contribution < -0.4 is 5.43 Å². The highest BCUT2D eigenvalue weighted by molar-refractivity contribution is 6.34. The van der Waals surface area contributed by atoms with Gasteiger partial charge >= 0.3 is 0 Å². The fraction of sp³-hybridized carbons (Fsp3) is 0.308. The first-order valence-electron chi connectivity index (χ1n) is 5.75. The molecule has 18 heavy (non-hydrogen) atoms. The molecule has 0 aliphatic carbocycles. The number of fused-ring (bicyclic) bond motifs is 1. The third-order valence-electron chi connectivity index (χ3n) is 2.79. The van der Waals surface area contributed by atoms with Crippen LogP contribution in [0.4, 0.5) is 0 Å². The molecule has 1 aromatic carbocycles. The van der Waals surface area contributed by atoms with E-state index in [9.17, 15) is 0 Å². The number of nitrogens with zero attached hydrogens (tertiary/aromatic N) is 2. The van der Waals surface area contributed by atoms with Gasteiger partial charge in [-0.3, -0.25) is 0 Å². The van der Waals surface area contributed by atoms with Crippen LogP contribution in [0, 0.1) is 0 Å². The average molecular weight is 266 g/mol. The normalized spacial score (nSPS) is 11.5. The molecule has 0 spiro atoms. The van der Waals surface area contributed by atoms with Gasteiger partial charge in [-0.05, 0) is 6.07 Å². The number of nitrogens with one attached hydrogen (secondary N) is 1. The van der Waals surface area contributed by atoms with Gasteiger partial charge in [0.2, 0.25) is 0 Å². The summed E-state index contributed by atoms with van der Waals surface area (Å²) in [4.78, 5) is 0. The zero-order valence-electron chi connectivity index (χ0n) is 10.5. The van der Waals surface area contributed by atoms with Gasteiger partial charge in [0.05, 0.1) is 12.8 Å². The van der Waals surface area contributed by atoms with Gasteiger partial charge in [0.15, 0.2) is 0 Å². The summed E-state index contributed by atoms with van der Waals surface area (Å²) in [7, 11) is 3.44. The zero-order valence-corrected chi connectivity index (χ0v) is 11.2. The molecule has 0 fully saturated rings. The molecule has 0 saturated heterocycles. The van der Waals surface area contributed by atoms with Gasteiger partial charge < -0.3 is 14.7 Å². The smallest absolute Gasteiger partial charge is 0.119 e. The minimum Gasteiger partial charge on any atom is -0.383 e. The van der Waals surface area contributed by atoms with Crippen LogP contribution in [0.3, 0.4) is 0 Å². The lowest BCUT2D eigenvalue weighted by atomic mass is 10.2. The topological polar surface area (TPSA) is 38.5 Å². The number of aromatic nitrogens is 1. The molecule has 0 aliphatic rings. The second-order valence-electron chi connectivity index (χ2n) is 3.85. The Bertz CT molecular complexity index is 563. The van der Waals surface area contributed by atoms with E-state index in [4.69, 9.17) is 16.3 Å². The van der Waals surface area contributed by atoms with Crippen molar-refractivity contribution in [1.29, 1.82) is 0 Å². The van der Waals surface area contributed by atoms with E-state index in [1.807, 2.05) is 28.8 Å². The van der Waals surface area contributed by atoms with E-state index in [0.29, 0.717) is 11.8 Å². The predicted octanol–water partition coefficient (Wildman–Crippen LogP) is 2.49. The first kappa shape index (κ1) is 12.9. The van der Waals surface area contributed by atoms with E-state index in [-0.39, 0.29) is 0 Å². The molecule has 1 heterocycles. The summed E-state index contributed by atoms with van der Waals surface area (Å²) in [6, 6.07) is 8.09. The Labute approximate surface area is 111 Å². The summed E-state index contributed by atoms with van der Waals surface area (Å²) in [5.41, 5.74) is 4.76. The molecule has 0 saturated carbocycles. The van der Waals surface area contributed by atoms with Crippen LogP contribution in [-0.4, -0.2) is 31.5 Å². The van der Waals surface area contributed by atoms with Crippen LogP contribution >= 0.6 is 11.6 Å². The molecule has 1 N–H and O–H groups in total. The molecule has 96 valence electrons. The fourth-order valence-electron chi connectivity index (χ4n) is 1.95. The molecule has 0 aliphatic heterocycles. The predicted molar refractivity (Wildman–Crippen MR) is 75.5 cm³/mol. The van der Waals surface area contributed by atoms with Gasteiger partial charge in [-0.25, -0.2) is 0 Å². The largest absolute Gasteiger partial charge is 0.383 e.